The number of hydrogen-bond acceptors (Lipinski definition) is 3. The van der Waals surface area contributed by atoms with Crippen LogP contribution in [0, 0.1) is 0 Å². The summed E-state index contributed by atoms with van der Waals surface area (Å²) in [5.41, 5.74) is 20.4. The summed E-state index contributed by atoms with van der Waals surface area (Å²) in [5.74, 6) is 0. The van der Waals surface area contributed by atoms with Crippen LogP contribution in [0.25, 0.3) is 55.3 Å². The van der Waals surface area contributed by atoms with Gasteiger partial charge in [0.25, 0.3) is 0 Å². The molecule has 0 saturated carbocycles. The second kappa shape index (κ2) is 16.1. The Kier molecular flexibility index (Phi) is 9.65. The van der Waals surface area contributed by atoms with E-state index in [1.807, 2.05) is 0 Å². The second-order valence-electron chi connectivity index (χ2n) is 18.1. The van der Waals surface area contributed by atoms with Crippen molar-refractivity contribution in [2.45, 2.75) is 19.3 Å². The van der Waals surface area contributed by atoms with Gasteiger partial charge in [-0.3, -0.25) is 0 Å². The number of benzene rings is 10. The smallest absolute Gasteiger partial charge is 0.0733 e. The fraction of sp³-hybridized carbons (Fsp3) is 0.0794. The third-order valence-electron chi connectivity index (χ3n) is 13.9. The molecular weight excluding hydrogens is 799 g/mol. The van der Waals surface area contributed by atoms with E-state index in [-0.39, 0.29) is 5.41 Å². The molecule has 3 nitrogen and oxygen atoms in total. The molecule has 1 heterocycles. The average Bonchev–Trinajstić information content (AvgIpc) is 3.61. The van der Waals surface area contributed by atoms with Crippen molar-refractivity contribution in [1.29, 1.82) is 0 Å². The van der Waals surface area contributed by atoms with Gasteiger partial charge in [0.2, 0.25) is 0 Å². The normalized spacial score (nSPS) is 13.5. The van der Waals surface area contributed by atoms with E-state index in [9.17, 15) is 0 Å². The maximum atomic E-state index is 2.54. The van der Waals surface area contributed by atoms with E-state index < -0.39 is 0 Å². The summed E-state index contributed by atoms with van der Waals surface area (Å²) in [7, 11) is 0. The number of para-hydroxylation sites is 3. The van der Waals surface area contributed by atoms with Crippen LogP contribution < -0.4 is 14.7 Å². The summed E-state index contributed by atoms with van der Waals surface area (Å²) in [6, 6.07) is 87.1. The van der Waals surface area contributed by atoms with Gasteiger partial charge in [-0.05, 0) is 128 Å². The molecule has 10 aromatic carbocycles. The molecule has 0 aromatic heterocycles. The summed E-state index contributed by atoms with van der Waals surface area (Å²) < 4.78 is 0. The Bertz CT molecular complexity index is 3380. The fourth-order valence-corrected chi connectivity index (χ4v) is 10.6. The highest BCUT2D eigenvalue weighted by molar-refractivity contribution is 6.03. The molecule has 316 valence electrons. The zero-order valence-electron chi connectivity index (χ0n) is 37.3. The number of hydrogen-bond donors (Lipinski definition) is 0. The molecule has 1 aliphatic heterocycles. The highest BCUT2D eigenvalue weighted by Gasteiger charge is 2.38. The molecule has 3 heteroatoms. The SMILES string of the molecule is CC1(C)c2ccccc2-c2cc(-c3cccc4c3N(c3ccccc3)CCN4c3ccccc3)c(N(c3ccc(-c4ccccc4)cc3)c3ccc4cc(-c5ccccc5)ccc4c3)cc21. The third kappa shape index (κ3) is 6.75. The van der Waals surface area contributed by atoms with E-state index in [4.69, 9.17) is 0 Å². The Morgan fingerprint density at radius 3 is 1.61 bits per heavy atom. The van der Waals surface area contributed by atoms with Crippen LogP contribution in [0.5, 0.6) is 0 Å². The van der Waals surface area contributed by atoms with Crippen LogP contribution >= 0.6 is 0 Å². The van der Waals surface area contributed by atoms with E-state index in [2.05, 4.69) is 265 Å². The lowest BCUT2D eigenvalue weighted by atomic mass is 9.81. The van der Waals surface area contributed by atoms with Gasteiger partial charge in [0.15, 0.2) is 0 Å². The van der Waals surface area contributed by atoms with Crippen molar-refractivity contribution in [2.24, 2.45) is 0 Å². The molecule has 0 saturated heterocycles. The predicted octanol–water partition coefficient (Wildman–Crippen LogP) is 16.9. The Morgan fingerprint density at radius 1 is 0.364 bits per heavy atom. The van der Waals surface area contributed by atoms with E-state index >= 15 is 0 Å². The summed E-state index contributed by atoms with van der Waals surface area (Å²) in [5, 5.41) is 2.40. The number of nitrogens with zero attached hydrogens (tertiary/aromatic N) is 3. The van der Waals surface area contributed by atoms with Crippen molar-refractivity contribution in [3.63, 3.8) is 0 Å². The summed E-state index contributed by atoms with van der Waals surface area (Å²) >= 11 is 0. The highest BCUT2D eigenvalue weighted by atomic mass is 15.3. The van der Waals surface area contributed by atoms with Crippen molar-refractivity contribution in [1.82, 2.24) is 0 Å². The first-order valence-electron chi connectivity index (χ1n) is 23.1. The van der Waals surface area contributed by atoms with Crippen molar-refractivity contribution in [2.75, 3.05) is 27.8 Å². The molecule has 0 amide bonds. The minimum Gasteiger partial charge on any atom is -0.338 e. The van der Waals surface area contributed by atoms with Crippen LogP contribution in [0.1, 0.15) is 25.0 Å². The summed E-state index contributed by atoms with van der Waals surface area (Å²) in [6.07, 6.45) is 0. The monoisotopic (exact) mass is 847 g/mol. The lowest BCUT2D eigenvalue weighted by molar-refractivity contribution is 0.660. The van der Waals surface area contributed by atoms with E-state index in [1.165, 1.54) is 89.2 Å². The van der Waals surface area contributed by atoms with Crippen molar-refractivity contribution in [3.8, 4) is 44.5 Å². The molecule has 0 N–H and O–H groups in total. The van der Waals surface area contributed by atoms with Crippen molar-refractivity contribution in [3.05, 3.63) is 248 Å². The maximum Gasteiger partial charge on any atom is 0.0733 e. The molecule has 0 unspecified atom stereocenters. The first-order valence-corrected chi connectivity index (χ1v) is 23.1. The largest absolute Gasteiger partial charge is 0.338 e. The molecule has 10 aromatic rings. The Morgan fingerprint density at radius 2 is 0.894 bits per heavy atom. The lowest BCUT2D eigenvalue weighted by Gasteiger charge is -2.41. The standard InChI is InChI=1S/C63H49N3/c1-63(2)58-28-16-15-26-54(58)56-42-57(55-27-17-29-60-62(55)65(51-24-13-6-14-25-51)39-38-64(60)50-22-11-5-12-23-50)61(43-59(56)63)66(52-35-32-46(33-36-52)44-18-7-3-8-19-44)53-37-34-48-40-47(30-31-49(48)41-53)45-20-9-4-10-21-45/h3-37,40-43H,38-39H2,1-2H3. The molecule has 66 heavy (non-hydrogen) atoms. The Hall–Kier alpha value is -8.14. The molecule has 0 atom stereocenters. The van der Waals surface area contributed by atoms with Gasteiger partial charge in [-0.15, -0.1) is 0 Å². The van der Waals surface area contributed by atoms with Crippen LogP contribution in [-0.2, 0) is 5.41 Å². The second-order valence-corrected chi connectivity index (χ2v) is 18.1. The zero-order valence-corrected chi connectivity index (χ0v) is 37.3. The van der Waals surface area contributed by atoms with E-state index in [0.29, 0.717) is 0 Å². The quantitative estimate of drug-likeness (QED) is 0.151. The molecule has 1 aliphatic carbocycles. The van der Waals surface area contributed by atoms with Crippen molar-refractivity contribution < 1.29 is 0 Å². The van der Waals surface area contributed by atoms with Crippen LogP contribution in [0.2, 0.25) is 0 Å². The predicted molar refractivity (Wildman–Crippen MR) is 279 cm³/mol. The zero-order chi connectivity index (χ0) is 44.2. The maximum absolute atomic E-state index is 2.54. The van der Waals surface area contributed by atoms with Crippen LogP contribution in [-0.4, -0.2) is 13.1 Å². The molecule has 0 fully saturated rings. The van der Waals surface area contributed by atoms with Gasteiger partial charge in [-0.1, -0.05) is 178 Å². The van der Waals surface area contributed by atoms with Gasteiger partial charge < -0.3 is 14.7 Å². The van der Waals surface area contributed by atoms with E-state index in [1.54, 1.807) is 0 Å². The Labute approximate surface area is 388 Å². The topological polar surface area (TPSA) is 9.72 Å². The van der Waals surface area contributed by atoms with Crippen molar-refractivity contribution >= 4 is 50.6 Å². The molecule has 12 rings (SSSR count). The molecule has 0 bridgehead atoms. The van der Waals surface area contributed by atoms with Gasteiger partial charge in [0.05, 0.1) is 17.1 Å². The average molecular weight is 848 g/mol. The minimum absolute atomic E-state index is 0.213. The molecule has 0 radical (unpaired) electrons. The molecule has 2 aliphatic rings. The van der Waals surface area contributed by atoms with Gasteiger partial charge in [0, 0.05) is 52.4 Å². The summed E-state index contributed by atoms with van der Waals surface area (Å²) in [6.45, 7) is 6.47. The highest BCUT2D eigenvalue weighted by Crippen LogP contribution is 2.56. The summed E-state index contributed by atoms with van der Waals surface area (Å²) in [4.78, 5) is 7.55. The first kappa shape index (κ1) is 39.5. The number of fused-ring (bicyclic) bond motifs is 5. The molecular formula is C63H49N3. The van der Waals surface area contributed by atoms with Gasteiger partial charge >= 0.3 is 0 Å². The number of rotatable bonds is 8. The lowest BCUT2D eigenvalue weighted by Crippen LogP contribution is -2.36. The number of anilines is 7. The van der Waals surface area contributed by atoms with Gasteiger partial charge in [-0.2, -0.15) is 0 Å². The van der Waals surface area contributed by atoms with Gasteiger partial charge in [-0.25, -0.2) is 0 Å². The van der Waals surface area contributed by atoms with Crippen LogP contribution in [0.4, 0.5) is 39.8 Å². The Balaban J connectivity index is 1.13. The van der Waals surface area contributed by atoms with Crippen LogP contribution in [0.3, 0.4) is 0 Å². The van der Waals surface area contributed by atoms with Gasteiger partial charge in [0.1, 0.15) is 0 Å². The molecule has 0 spiro atoms. The first-order chi connectivity index (χ1) is 32.5. The minimum atomic E-state index is -0.213. The fourth-order valence-electron chi connectivity index (χ4n) is 10.6. The third-order valence-corrected chi connectivity index (χ3v) is 13.9. The van der Waals surface area contributed by atoms with Crippen LogP contribution in [0.15, 0.2) is 237 Å². The van der Waals surface area contributed by atoms with E-state index in [0.717, 1.165) is 30.2 Å².